The van der Waals surface area contributed by atoms with Crippen LogP contribution in [0, 0.1) is 0 Å². The number of hydrogen-bond acceptors (Lipinski definition) is 1. The van der Waals surface area contributed by atoms with Gasteiger partial charge in [-0.25, -0.2) is 8.78 Å². The summed E-state index contributed by atoms with van der Waals surface area (Å²) in [5.74, 6) is -0.884. The highest BCUT2D eigenvalue weighted by atomic mass is 79.9. The van der Waals surface area contributed by atoms with Crippen LogP contribution in [0.25, 0.3) is 0 Å². The van der Waals surface area contributed by atoms with Crippen molar-refractivity contribution in [2.24, 2.45) is 0 Å². The molecule has 1 aromatic carbocycles. The molecule has 0 aliphatic rings. The predicted molar refractivity (Wildman–Crippen MR) is 59.1 cm³/mol. The van der Waals surface area contributed by atoms with Crippen LogP contribution in [0.1, 0.15) is 34.8 Å². The van der Waals surface area contributed by atoms with E-state index in [1.165, 1.54) is 6.92 Å². The highest BCUT2D eigenvalue weighted by Crippen LogP contribution is 2.39. The fraction of sp³-hybridized carbons (Fsp3) is 0.364. The third-order valence-corrected chi connectivity index (χ3v) is 2.66. The average molecular weight is 331 g/mol. The first-order valence-corrected chi connectivity index (χ1v) is 5.74. The minimum absolute atomic E-state index is 0.670. The van der Waals surface area contributed by atoms with E-state index in [-0.39, 0.29) is 0 Å². The third-order valence-electron chi connectivity index (χ3n) is 2.24. The molecule has 0 N–H and O–H groups in total. The maximum Gasteiger partial charge on any atom is 0.417 e. The molecule has 0 saturated heterocycles. The summed E-state index contributed by atoms with van der Waals surface area (Å²) in [6.07, 6.45) is -8.29. The van der Waals surface area contributed by atoms with Crippen LogP contribution in [0.3, 0.4) is 0 Å². The average Bonchev–Trinajstić information content (AvgIpc) is 2.25. The van der Waals surface area contributed by atoms with Gasteiger partial charge < -0.3 is 0 Å². The fourth-order valence-electron chi connectivity index (χ4n) is 1.49. The number of rotatable bonds is 3. The smallest absolute Gasteiger partial charge is 0.293 e. The second-order valence-corrected chi connectivity index (χ2v) is 4.92. The van der Waals surface area contributed by atoms with Crippen molar-refractivity contribution < 1.29 is 26.7 Å². The van der Waals surface area contributed by atoms with Gasteiger partial charge in [0, 0.05) is 11.1 Å². The van der Waals surface area contributed by atoms with E-state index < -0.39 is 39.9 Å². The van der Waals surface area contributed by atoms with E-state index in [4.69, 9.17) is 0 Å². The summed E-state index contributed by atoms with van der Waals surface area (Å²) in [6.45, 7) is 1.33. The van der Waals surface area contributed by atoms with E-state index >= 15 is 0 Å². The third kappa shape index (κ3) is 3.07. The first kappa shape index (κ1) is 15.1. The van der Waals surface area contributed by atoms with Crippen molar-refractivity contribution in [3.63, 3.8) is 0 Å². The lowest BCUT2D eigenvalue weighted by molar-refractivity contribution is -0.139. The Morgan fingerprint density at radius 3 is 2.22 bits per heavy atom. The molecular weight excluding hydrogens is 323 g/mol. The van der Waals surface area contributed by atoms with Gasteiger partial charge in [-0.15, -0.1) is 0 Å². The van der Waals surface area contributed by atoms with Crippen molar-refractivity contribution in [3.8, 4) is 0 Å². The van der Waals surface area contributed by atoms with Gasteiger partial charge in [-0.2, -0.15) is 13.2 Å². The molecule has 18 heavy (non-hydrogen) atoms. The second-order valence-electron chi connectivity index (χ2n) is 3.55. The van der Waals surface area contributed by atoms with E-state index in [0.717, 1.165) is 12.1 Å². The van der Waals surface area contributed by atoms with E-state index in [2.05, 4.69) is 15.9 Å². The van der Waals surface area contributed by atoms with Crippen LogP contribution in [-0.2, 0) is 6.18 Å². The molecular formula is C11H8BrF5O. The number of alkyl halides is 6. The van der Waals surface area contributed by atoms with Crippen molar-refractivity contribution in [3.05, 3.63) is 34.9 Å². The minimum atomic E-state index is -5.00. The second kappa shape index (κ2) is 5.34. The van der Waals surface area contributed by atoms with Crippen molar-refractivity contribution >= 4 is 21.7 Å². The monoisotopic (exact) mass is 330 g/mol. The van der Waals surface area contributed by atoms with Crippen molar-refractivity contribution in [2.75, 3.05) is 0 Å². The maximum absolute atomic E-state index is 12.8. The molecule has 1 unspecified atom stereocenters. The number of Topliss-reactive ketones (excluding diaryl/α,β-unsaturated/α-hetero) is 1. The first-order valence-electron chi connectivity index (χ1n) is 4.82. The van der Waals surface area contributed by atoms with Crippen LogP contribution in [0.5, 0.6) is 0 Å². The Kier molecular flexibility index (Phi) is 4.47. The summed E-state index contributed by atoms with van der Waals surface area (Å²) in [6, 6.07) is 2.58. The molecule has 0 saturated carbocycles. The molecule has 1 rings (SSSR count). The molecule has 1 nitrogen and oxygen atoms in total. The summed E-state index contributed by atoms with van der Waals surface area (Å²) in [4.78, 5) is 10.7. The van der Waals surface area contributed by atoms with Crippen LogP contribution >= 0.6 is 15.9 Å². The van der Waals surface area contributed by atoms with E-state index in [9.17, 15) is 26.7 Å². The summed E-state index contributed by atoms with van der Waals surface area (Å²) in [5, 5.41) is 0. The molecule has 1 atom stereocenters. The molecule has 100 valence electrons. The summed E-state index contributed by atoms with van der Waals surface area (Å²) < 4.78 is 63.5. The van der Waals surface area contributed by atoms with Crippen LogP contribution in [-0.4, -0.2) is 10.6 Å². The molecule has 0 radical (unpaired) electrons. The van der Waals surface area contributed by atoms with E-state index in [0.29, 0.717) is 6.07 Å². The van der Waals surface area contributed by atoms with Crippen LogP contribution in [0.15, 0.2) is 18.2 Å². The van der Waals surface area contributed by atoms with Crippen molar-refractivity contribution in [2.45, 2.75) is 24.4 Å². The van der Waals surface area contributed by atoms with Crippen molar-refractivity contribution in [1.29, 1.82) is 0 Å². The van der Waals surface area contributed by atoms with Gasteiger partial charge >= 0.3 is 6.18 Å². The van der Waals surface area contributed by atoms with Crippen LogP contribution in [0.4, 0.5) is 22.0 Å². The summed E-state index contributed by atoms with van der Waals surface area (Å²) in [7, 11) is 0. The lowest BCUT2D eigenvalue weighted by Gasteiger charge is -2.17. The number of halogens is 6. The zero-order valence-corrected chi connectivity index (χ0v) is 10.6. The number of ketones is 1. The standard InChI is InChI=1S/C11H8BrF5O/c1-5(12)9(18)6-3-2-4-7(10(13)14)8(6)11(15,16)17/h2-5,10H,1H3. The van der Waals surface area contributed by atoms with Crippen molar-refractivity contribution in [1.82, 2.24) is 0 Å². The highest BCUT2D eigenvalue weighted by Gasteiger charge is 2.40. The van der Waals surface area contributed by atoms with E-state index in [1.54, 1.807) is 0 Å². The number of hydrogen-bond donors (Lipinski definition) is 0. The molecule has 0 aliphatic heterocycles. The molecule has 0 fully saturated rings. The van der Waals surface area contributed by atoms with Gasteiger partial charge in [0.25, 0.3) is 6.43 Å². The van der Waals surface area contributed by atoms with Gasteiger partial charge in [0.2, 0.25) is 0 Å². The largest absolute Gasteiger partial charge is 0.417 e. The Labute approximate surface area is 108 Å². The molecule has 0 aromatic heterocycles. The summed E-state index contributed by atoms with van der Waals surface area (Å²) >= 11 is 2.83. The maximum atomic E-state index is 12.8. The fourth-order valence-corrected chi connectivity index (χ4v) is 1.73. The quantitative estimate of drug-likeness (QED) is 0.449. The molecule has 0 amide bonds. The Hall–Kier alpha value is -0.980. The summed E-state index contributed by atoms with van der Waals surface area (Å²) in [5.41, 5.74) is -3.48. The van der Waals surface area contributed by atoms with Crippen LogP contribution < -0.4 is 0 Å². The Morgan fingerprint density at radius 1 is 1.28 bits per heavy atom. The van der Waals surface area contributed by atoms with Gasteiger partial charge in [-0.05, 0) is 6.92 Å². The topological polar surface area (TPSA) is 17.1 Å². The zero-order chi connectivity index (χ0) is 14.1. The van der Waals surface area contributed by atoms with E-state index in [1.807, 2.05) is 0 Å². The number of benzene rings is 1. The normalized spacial score (nSPS) is 13.8. The Bertz CT molecular complexity index is 453. The van der Waals surface area contributed by atoms with Gasteiger partial charge in [0.05, 0.1) is 10.4 Å². The molecule has 0 spiro atoms. The molecule has 0 bridgehead atoms. The number of carbonyl (C=O) groups is 1. The predicted octanol–water partition coefficient (Wildman–Crippen LogP) is 4.61. The van der Waals surface area contributed by atoms with Gasteiger partial charge in [-0.1, -0.05) is 34.1 Å². The van der Waals surface area contributed by atoms with Gasteiger partial charge in [0.15, 0.2) is 5.78 Å². The van der Waals surface area contributed by atoms with Crippen LogP contribution in [0.2, 0.25) is 0 Å². The SMILES string of the molecule is CC(Br)C(=O)c1cccc(C(F)F)c1C(F)(F)F. The molecule has 0 heterocycles. The van der Waals surface area contributed by atoms with Gasteiger partial charge in [0.1, 0.15) is 0 Å². The molecule has 0 aliphatic carbocycles. The first-order chi connectivity index (χ1) is 8.16. The lowest BCUT2D eigenvalue weighted by atomic mass is 9.96. The molecule has 7 heteroatoms. The Balaban J connectivity index is 3.53. The highest BCUT2D eigenvalue weighted by molar-refractivity contribution is 9.10. The Morgan fingerprint density at radius 2 is 1.83 bits per heavy atom. The zero-order valence-electron chi connectivity index (χ0n) is 9.06. The number of carbonyl (C=O) groups excluding carboxylic acids is 1. The minimum Gasteiger partial charge on any atom is -0.293 e. The molecule has 1 aromatic rings. The van der Waals surface area contributed by atoms with Gasteiger partial charge in [-0.3, -0.25) is 4.79 Å². The lowest BCUT2D eigenvalue weighted by Crippen LogP contribution is -2.20.